The van der Waals surface area contributed by atoms with Crippen molar-refractivity contribution in [2.45, 2.75) is 56.8 Å². The molecule has 2 atom stereocenters. The van der Waals surface area contributed by atoms with Crippen LogP contribution in [0.3, 0.4) is 0 Å². The minimum Gasteiger partial charge on any atom is -0.274 e. The molecular formula is C24H23N3O2. The second kappa shape index (κ2) is 6.81. The van der Waals surface area contributed by atoms with Gasteiger partial charge in [-0.2, -0.15) is 5.26 Å². The normalized spacial score (nSPS) is 26.0. The van der Waals surface area contributed by atoms with Crippen molar-refractivity contribution in [2.75, 3.05) is 4.90 Å². The molecule has 2 amide bonds. The Bertz CT molecular complexity index is 1040. The number of hydrogen-bond acceptors (Lipinski definition) is 4. The number of imide groups is 1. The molecule has 1 aromatic heterocycles. The van der Waals surface area contributed by atoms with E-state index in [1.165, 1.54) is 16.9 Å². The molecule has 0 unspecified atom stereocenters. The van der Waals surface area contributed by atoms with Crippen LogP contribution in [0, 0.1) is 17.2 Å². The Morgan fingerprint density at radius 2 is 1.79 bits per heavy atom. The lowest BCUT2D eigenvalue weighted by Gasteiger charge is -2.36. The zero-order valence-corrected chi connectivity index (χ0v) is 16.4. The molecule has 2 aliphatic carbocycles. The van der Waals surface area contributed by atoms with E-state index in [2.05, 4.69) is 12.1 Å². The quantitative estimate of drug-likeness (QED) is 0.740. The van der Waals surface area contributed by atoms with Crippen LogP contribution in [0.4, 0.5) is 5.69 Å². The minimum absolute atomic E-state index is 0.0689. The Labute approximate surface area is 170 Å². The Kier molecular flexibility index (Phi) is 4.24. The number of fused-ring (bicyclic) bond motifs is 2. The van der Waals surface area contributed by atoms with Crippen LogP contribution in [0.15, 0.2) is 36.4 Å². The summed E-state index contributed by atoms with van der Waals surface area (Å²) in [5, 5.41) is 10.3. The fourth-order valence-corrected chi connectivity index (χ4v) is 5.33. The van der Waals surface area contributed by atoms with Gasteiger partial charge in [0.15, 0.2) is 0 Å². The lowest BCUT2D eigenvalue weighted by Crippen LogP contribution is -2.43. The fraction of sp³-hybridized carbons (Fsp3) is 0.417. The first-order chi connectivity index (χ1) is 14.1. The van der Waals surface area contributed by atoms with E-state index in [0.29, 0.717) is 12.1 Å². The SMILES string of the molecule is N#C[C@@]1([C@H]2CC(=O)N(c3ccccc3)C2=O)CCCc2cc3c(nc21)CCCC3. The van der Waals surface area contributed by atoms with Crippen molar-refractivity contribution in [3.05, 3.63) is 58.9 Å². The Hall–Kier alpha value is -3.00. The van der Waals surface area contributed by atoms with Crippen LogP contribution in [-0.2, 0) is 34.3 Å². The minimum atomic E-state index is -1.02. The van der Waals surface area contributed by atoms with E-state index in [1.54, 1.807) is 12.1 Å². The van der Waals surface area contributed by atoms with E-state index >= 15 is 0 Å². The van der Waals surface area contributed by atoms with Crippen LogP contribution in [0.1, 0.15) is 54.6 Å². The maximum absolute atomic E-state index is 13.4. The highest BCUT2D eigenvalue weighted by atomic mass is 16.2. The Morgan fingerprint density at radius 1 is 1.03 bits per heavy atom. The zero-order valence-electron chi connectivity index (χ0n) is 16.4. The van der Waals surface area contributed by atoms with Gasteiger partial charge in [-0.1, -0.05) is 24.3 Å². The molecule has 1 saturated heterocycles. The number of carbonyl (C=O) groups excluding carboxylic acids is 2. The van der Waals surface area contributed by atoms with Crippen LogP contribution < -0.4 is 4.90 Å². The molecule has 0 saturated carbocycles. The average Bonchev–Trinajstić information content (AvgIpc) is 3.06. The number of para-hydroxylation sites is 1. The molecule has 1 aromatic carbocycles. The molecule has 146 valence electrons. The van der Waals surface area contributed by atoms with Gasteiger partial charge >= 0.3 is 0 Å². The summed E-state index contributed by atoms with van der Waals surface area (Å²) in [6, 6.07) is 13.7. The van der Waals surface area contributed by atoms with Gasteiger partial charge in [0.25, 0.3) is 0 Å². The molecule has 1 aliphatic heterocycles. The van der Waals surface area contributed by atoms with Crippen molar-refractivity contribution in [1.82, 2.24) is 4.98 Å². The number of pyridine rings is 1. The Morgan fingerprint density at radius 3 is 2.59 bits per heavy atom. The number of aromatic nitrogens is 1. The van der Waals surface area contributed by atoms with Gasteiger partial charge in [-0.3, -0.25) is 19.5 Å². The summed E-state index contributed by atoms with van der Waals surface area (Å²) in [5.74, 6) is -1.17. The second-order valence-corrected chi connectivity index (χ2v) is 8.41. The topological polar surface area (TPSA) is 74.1 Å². The lowest BCUT2D eigenvalue weighted by atomic mass is 9.65. The number of nitrogens with zero attached hydrogens (tertiary/aromatic N) is 3. The second-order valence-electron chi connectivity index (χ2n) is 8.41. The third-order valence-electron chi connectivity index (χ3n) is 6.77. The molecule has 29 heavy (non-hydrogen) atoms. The molecule has 0 bridgehead atoms. The molecule has 0 spiro atoms. The van der Waals surface area contributed by atoms with Crippen molar-refractivity contribution in [3.63, 3.8) is 0 Å². The van der Waals surface area contributed by atoms with Gasteiger partial charge < -0.3 is 0 Å². The Balaban J connectivity index is 1.60. The molecule has 3 aliphatic rings. The van der Waals surface area contributed by atoms with E-state index < -0.39 is 11.3 Å². The van der Waals surface area contributed by atoms with Crippen LogP contribution in [-0.4, -0.2) is 16.8 Å². The summed E-state index contributed by atoms with van der Waals surface area (Å²) in [6.45, 7) is 0. The zero-order chi connectivity index (χ0) is 20.0. The van der Waals surface area contributed by atoms with Gasteiger partial charge in [-0.25, -0.2) is 0 Å². The highest BCUT2D eigenvalue weighted by molar-refractivity contribution is 6.21. The van der Waals surface area contributed by atoms with E-state index in [9.17, 15) is 14.9 Å². The van der Waals surface area contributed by atoms with Gasteiger partial charge in [-0.05, 0) is 68.2 Å². The molecule has 5 nitrogen and oxygen atoms in total. The van der Waals surface area contributed by atoms with Crippen LogP contribution >= 0.6 is 0 Å². The number of anilines is 1. The van der Waals surface area contributed by atoms with Crippen LogP contribution in [0.2, 0.25) is 0 Å². The molecular weight excluding hydrogens is 362 g/mol. The first-order valence-electron chi connectivity index (χ1n) is 10.5. The van der Waals surface area contributed by atoms with E-state index in [-0.39, 0.29) is 18.2 Å². The number of amides is 2. The largest absolute Gasteiger partial charge is 0.274 e. The number of rotatable bonds is 2. The van der Waals surface area contributed by atoms with Crippen molar-refractivity contribution in [2.24, 2.45) is 5.92 Å². The van der Waals surface area contributed by atoms with Gasteiger partial charge in [0.2, 0.25) is 11.8 Å². The predicted octanol–water partition coefficient (Wildman–Crippen LogP) is 3.64. The summed E-state index contributed by atoms with van der Waals surface area (Å²) in [6.07, 6.45) is 6.63. The van der Waals surface area contributed by atoms with Crippen molar-refractivity contribution in [3.8, 4) is 6.07 Å². The summed E-state index contributed by atoms with van der Waals surface area (Å²) >= 11 is 0. The monoisotopic (exact) mass is 385 g/mol. The molecule has 0 radical (unpaired) electrons. The molecule has 5 rings (SSSR count). The molecule has 5 heteroatoms. The van der Waals surface area contributed by atoms with E-state index in [4.69, 9.17) is 4.98 Å². The van der Waals surface area contributed by atoms with E-state index in [1.807, 2.05) is 18.2 Å². The van der Waals surface area contributed by atoms with Crippen molar-refractivity contribution in [1.29, 1.82) is 5.26 Å². The number of carbonyl (C=O) groups is 2. The number of benzene rings is 1. The third-order valence-corrected chi connectivity index (χ3v) is 6.77. The summed E-state index contributed by atoms with van der Waals surface area (Å²) < 4.78 is 0. The maximum atomic E-state index is 13.4. The average molecular weight is 385 g/mol. The summed E-state index contributed by atoms with van der Waals surface area (Å²) in [7, 11) is 0. The maximum Gasteiger partial charge on any atom is 0.239 e. The standard InChI is InChI=1S/C24H23N3O2/c25-15-24(19-14-21(28)27(23(19)29)18-9-2-1-3-10-18)12-6-8-17-13-16-7-4-5-11-20(16)26-22(17)24/h1-3,9-10,13,19H,4-8,11-12,14H2/t19-,24+/m0/s1. The number of hydrogen-bond donors (Lipinski definition) is 0. The first kappa shape index (κ1) is 18.1. The van der Waals surface area contributed by atoms with E-state index in [0.717, 1.165) is 49.1 Å². The fourth-order valence-electron chi connectivity index (χ4n) is 5.33. The van der Waals surface area contributed by atoms with Gasteiger partial charge in [0.05, 0.1) is 23.4 Å². The van der Waals surface area contributed by atoms with Gasteiger partial charge in [0, 0.05) is 12.1 Å². The summed E-state index contributed by atoms with van der Waals surface area (Å²) in [5.41, 5.74) is 3.78. The third kappa shape index (κ3) is 2.70. The summed E-state index contributed by atoms with van der Waals surface area (Å²) in [4.78, 5) is 32.5. The van der Waals surface area contributed by atoms with Crippen molar-refractivity contribution >= 4 is 17.5 Å². The molecule has 0 N–H and O–H groups in total. The smallest absolute Gasteiger partial charge is 0.239 e. The predicted molar refractivity (Wildman–Crippen MR) is 108 cm³/mol. The van der Waals surface area contributed by atoms with Crippen LogP contribution in [0.5, 0.6) is 0 Å². The lowest BCUT2D eigenvalue weighted by molar-refractivity contribution is -0.123. The van der Waals surface area contributed by atoms with Crippen LogP contribution in [0.25, 0.3) is 0 Å². The molecule has 1 fully saturated rings. The molecule has 2 aromatic rings. The van der Waals surface area contributed by atoms with Gasteiger partial charge in [-0.15, -0.1) is 0 Å². The van der Waals surface area contributed by atoms with Crippen molar-refractivity contribution < 1.29 is 9.59 Å². The molecule has 2 heterocycles. The number of aryl methyl sites for hydroxylation is 3. The highest BCUT2D eigenvalue weighted by Gasteiger charge is 2.55. The van der Waals surface area contributed by atoms with Gasteiger partial charge in [0.1, 0.15) is 5.41 Å². The number of nitriles is 1. The first-order valence-corrected chi connectivity index (χ1v) is 10.5. The highest BCUT2D eigenvalue weighted by Crippen LogP contribution is 2.47.